The first-order valence-corrected chi connectivity index (χ1v) is 7.16. The first-order chi connectivity index (χ1) is 9.49. The lowest BCUT2D eigenvalue weighted by Crippen LogP contribution is -2.44. The van der Waals surface area contributed by atoms with E-state index in [4.69, 9.17) is 4.74 Å². The van der Waals surface area contributed by atoms with Crippen LogP contribution < -0.4 is 4.90 Å². The van der Waals surface area contributed by atoms with E-state index < -0.39 is 0 Å². The Hall–Kier alpha value is -1.55. The molecule has 0 radical (unpaired) electrons. The number of rotatable bonds is 3. The van der Waals surface area contributed by atoms with Crippen LogP contribution in [0.3, 0.4) is 0 Å². The molecule has 1 fully saturated rings. The normalized spacial score (nSPS) is 19.2. The van der Waals surface area contributed by atoms with Gasteiger partial charge in [-0.1, -0.05) is 26.0 Å². The molecule has 20 heavy (non-hydrogen) atoms. The van der Waals surface area contributed by atoms with E-state index in [0.717, 1.165) is 5.56 Å². The van der Waals surface area contributed by atoms with E-state index in [2.05, 4.69) is 29.2 Å². The Morgan fingerprint density at radius 1 is 1.30 bits per heavy atom. The molecule has 110 valence electrons. The molecule has 0 bridgehead atoms. The molecule has 1 aliphatic rings. The summed E-state index contributed by atoms with van der Waals surface area (Å²) in [4.78, 5) is 16.1. The fourth-order valence-corrected chi connectivity index (χ4v) is 2.40. The smallest absolute Gasteiger partial charge is 0.225 e. The minimum absolute atomic E-state index is 0.0114. The minimum Gasteiger partial charge on any atom is -0.378 e. The molecule has 0 N–H and O–H groups in total. The topological polar surface area (TPSA) is 32.8 Å². The van der Waals surface area contributed by atoms with Crippen molar-refractivity contribution < 1.29 is 9.53 Å². The Morgan fingerprint density at radius 2 is 1.95 bits per heavy atom. The molecule has 0 spiro atoms. The Morgan fingerprint density at radius 3 is 2.50 bits per heavy atom. The molecule has 1 amide bonds. The molecular formula is C16H24N2O2. The molecule has 4 heteroatoms. The summed E-state index contributed by atoms with van der Waals surface area (Å²) in [6.45, 7) is 5.84. The van der Waals surface area contributed by atoms with Gasteiger partial charge >= 0.3 is 0 Å². The number of morpholine rings is 1. The number of ether oxygens (including phenoxy) is 1. The van der Waals surface area contributed by atoms with Crippen LogP contribution in [0.15, 0.2) is 24.3 Å². The van der Waals surface area contributed by atoms with Gasteiger partial charge in [0.25, 0.3) is 0 Å². The summed E-state index contributed by atoms with van der Waals surface area (Å²) < 4.78 is 5.82. The second kappa shape index (κ2) is 6.27. The standard InChI is InChI=1S/C16H24N2O2/c1-12(2)16(19)18-9-10-20-15(11-18)13-5-7-14(8-6-13)17(3)4/h5-8,12,15H,9-11H2,1-4H3. The molecule has 1 aliphatic heterocycles. The van der Waals surface area contributed by atoms with Crippen LogP contribution in [-0.2, 0) is 9.53 Å². The third-order valence-electron chi connectivity index (χ3n) is 3.65. The molecule has 0 saturated carbocycles. The highest BCUT2D eigenvalue weighted by Crippen LogP contribution is 2.25. The van der Waals surface area contributed by atoms with Gasteiger partial charge in [-0.05, 0) is 17.7 Å². The highest BCUT2D eigenvalue weighted by atomic mass is 16.5. The monoisotopic (exact) mass is 276 g/mol. The molecule has 1 aromatic rings. The van der Waals surface area contributed by atoms with Crippen molar-refractivity contribution in [2.45, 2.75) is 20.0 Å². The summed E-state index contributed by atoms with van der Waals surface area (Å²) in [5.41, 5.74) is 2.30. The van der Waals surface area contributed by atoms with E-state index in [1.165, 1.54) is 5.69 Å². The van der Waals surface area contributed by atoms with Gasteiger partial charge in [-0.25, -0.2) is 0 Å². The number of carbonyl (C=O) groups is 1. The fraction of sp³-hybridized carbons (Fsp3) is 0.562. The molecule has 2 rings (SSSR count). The van der Waals surface area contributed by atoms with E-state index in [9.17, 15) is 4.79 Å². The largest absolute Gasteiger partial charge is 0.378 e. The number of hydrogen-bond acceptors (Lipinski definition) is 3. The van der Waals surface area contributed by atoms with E-state index >= 15 is 0 Å². The van der Waals surface area contributed by atoms with Crippen molar-refractivity contribution in [1.29, 1.82) is 0 Å². The maximum Gasteiger partial charge on any atom is 0.225 e. The van der Waals surface area contributed by atoms with Crippen LogP contribution in [0.1, 0.15) is 25.5 Å². The maximum absolute atomic E-state index is 12.1. The van der Waals surface area contributed by atoms with Gasteiger partial charge in [-0.3, -0.25) is 4.79 Å². The Kier molecular flexibility index (Phi) is 4.65. The molecule has 0 aliphatic carbocycles. The molecular weight excluding hydrogens is 252 g/mol. The molecule has 1 saturated heterocycles. The third-order valence-corrected chi connectivity index (χ3v) is 3.65. The Labute approximate surface area is 121 Å². The minimum atomic E-state index is -0.0114. The van der Waals surface area contributed by atoms with Gasteiger partial charge in [0.1, 0.15) is 6.10 Å². The van der Waals surface area contributed by atoms with Crippen molar-refractivity contribution >= 4 is 11.6 Å². The Balaban J connectivity index is 2.07. The zero-order chi connectivity index (χ0) is 14.7. The SMILES string of the molecule is CC(C)C(=O)N1CCOC(c2ccc(N(C)C)cc2)C1. The van der Waals surface area contributed by atoms with Crippen molar-refractivity contribution in [1.82, 2.24) is 4.90 Å². The van der Waals surface area contributed by atoms with Crippen molar-refractivity contribution in [2.75, 3.05) is 38.7 Å². The molecule has 1 heterocycles. The van der Waals surface area contributed by atoms with Crippen LogP contribution >= 0.6 is 0 Å². The van der Waals surface area contributed by atoms with Gasteiger partial charge in [0.05, 0.1) is 13.2 Å². The van der Waals surface area contributed by atoms with Gasteiger partial charge in [0.2, 0.25) is 5.91 Å². The summed E-state index contributed by atoms with van der Waals surface area (Å²) in [6, 6.07) is 8.34. The molecule has 0 aromatic heterocycles. The predicted octanol–water partition coefficient (Wildman–Crippen LogP) is 2.31. The molecule has 1 unspecified atom stereocenters. The average molecular weight is 276 g/mol. The van der Waals surface area contributed by atoms with Gasteiger partial charge < -0.3 is 14.5 Å². The predicted molar refractivity (Wildman–Crippen MR) is 80.9 cm³/mol. The van der Waals surface area contributed by atoms with Gasteiger partial charge in [-0.2, -0.15) is 0 Å². The van der Waals surface area contributed by atoms with E-state index in [1.54, 1.807) is 0 Å². The van der Waals surface area contributed by atoms with Crippen molar-refractivity contribution in [3.63, 3.8) is 0 Å². The second-order valence-corrected chi connectivity index (χ2v) is 5.78. The number of nitrogens with zero attached hydrogens (tertiary/aromatic N) is 2. The summed E-state index contributed by atoms with van der Waals surface area (Å²) in [5.74, 6) is 0.257. The highest BCUT2D eigenvalue weighted by Gasteiger charge is 2.26. The zero-order valence-electron chi connectivity index (χ0n) is 12.8. The Bertz CT molecular complexity index is 454. The number of anilines is 1. The van der Waals surface area contributed by atoms with Crippen LogP contribution in [0, 0.1) is 5.92 Å². The van der Waals surface area contributed by atoms with Crippen molar-refractivity contribution in [3.8, 4) is 0 Å². The summed E-state index contributed by atoms with van der Waals surface area (Å²) in [6.07, 6.45) is -0.0114. The lowest BCUT2D eigenvalue weighted by Gasteiger charge is -2.34. The number of amides is 1. The average Bonchev–Trinajstić information content (AvgIpc) is 2.46. The molecule has 1 aromatic carbocycles. The maximum atomic E-state index is 12.1. The third kappa shape index (κ3) is 3.31. The van der Waals surface area contributed by atoms with Crippen LogP contribution in [0.2, 0.25) is 0 Å². The lowest BCUT2D eigenvalue weighted by atomic mass is 10.1. The summed E-state index contributed by atoms with van der Waals surface area (Å²) >= 11 is 0. The quantitative estimate of drug-likeness (QED) is 0.849. The first-order valence-electron chi connectivity index (χ1n) is 7.16. The first kappa shape index (κ1) is 14.9. The van der Waals surface area contributed by atoms with Crippen molar-refractivity contribution in [3.05, 3.63) is 29.8 Å². The molecule has 4 nitrogen and oxygen atoms in total. The van der Waals surface area contributed by atoms with Gasteiger partial charge in [-0.15, -0.1) is 0 Å². The molecule has 1 atom stereocenters. The number of carbonyl (C=O) groups excluding carboxylic acids is 1. The van der Waals surface area contributed by atoms with Crippen LogP contribution in [0.25, 0.3) is 0 Å². The fourth-order valence-electron chi connectivity index (χ4n) is 2.40. The van der Waals surface area contributed by atoms with Crippen LogP contribution in [-0.4, -0.2) is 44.6 Å². The van der Waals surface area contributed by atoms with Crippen LogP contribution in [0.5, 0.6) is 0 Å². The van der Waals surface area contributed by atoms with E-state index in [0.29, 0.717) is 19.7 Å². The van der Waals surface area contributed by atoms with Crippen LogP contribution in [0.4, 0.5) is 5.69 Å². The second-order valence-electron chi connectivity index (χ2n) is 5.78. The number of hydrogen-bond donors (Lipinski definition) is 0. The highest BCUT2D eigenvalue weighted by molar-refractivity contribution is 5.78. The van der Waals surface area contributed by atoms with E-state index in [-0.39, 0.29) is 17.9 Å². The number of benzene rings is 1. The zero-order valence-corrected chi connectivity index (χ0v) is 12.8. The summed E-state index contributed by atoms with van der Waals surface area (Å²) in [7, 11) is 4.05. The lowest BCUT2D eigenvalue weighted by molar-refractivity contribution is -0.142. The summed E-state index contributed by atoms with van der Waals surface area (Å²) in [5, 5.41) is 0. The van der Waals surface area contributed by atoms with E-state index in [1.807, 2.05) is 32.8 Å². The van der Waals surface area contributed by atoms with Gasteiger partial charge in [0.15, 0.2) is 0 Å². The van der Waals surface area contributed by atoms with Gasteiger partial charge in [0, 0.05) is 32.2 Å². The van der Waals surface area contributed by atoms with Crippen molar-refractivity contribution in [2.24, 2.45) is 5.92 Å².